The number of amides is 1. The van der Waals surface area contributed by atoms with Crippen molar-refractivity contribution in [2.24, 2.45) is 0 Å². The zero-order valence-corrected chi connectivity index (χ0v) is 16.6. The van der Waals surface area contributed by atoms with Crippen LogP contribution in [0.5, 0.6) is 5.75 Å². The van der Waals surface area contributed by atoms with Gasteiger partial charge in [0.25, 0.3) is 5.91 Å². The number of hydrogen-bond donors (Lipinski definition) is 2. The molecule has 0 radical (unpaired) electrons. The lowest BCUT2D eigenvalue weighted by Gasteiger charge is -2.11. The maximum absolute atomic E-state index is 12.4. The van der Waals surface area contributed by atoms with Crippen LogP contribution in [0.2, 0.25) is 0 Å². The van der Waals surface area contributed by atoms with E-state index in [-0.39, 0.29) is 12.0 Å². The summed E-state index contributed by atoms with van der Waals surface area (Å²) >= 11 is 0. The number of aryl methyl sites for hydroxylation is 2. The van der Waals surface area contributed by atoms with Crippen molar-refractivity contribution in [2.45, 2.75) is 33.8 Å². The molecule has 0 aliphatic carbocycles. The van der Waals surface area contributed by atoms with Gasteiger partial charge in [0.05, 0.1) is 18.0 Å². The number of hydrogen-bond acceptors (Lipinski definition) is 4. The summed E-state index contributed by atoms with van der Waals surface area (Å²) in [5, 5.41) is 6.11. The number of carbonyl (C=O) groups is 1. The van der Waals surface area contributed by atoms with Crippen molar-refractivity contribution in [3.63, 3.8) is 0 Å². The van der Waals surface area contributed by atoms with E-state index in [1.54, 1.807) is 6.20 Å². The first kappa shape index (κ1) is 19.4. The molecule has 0 fully saturated rings. The van der Waals surface area contributed by atoms with Gasteiger partial charge in [0.1, 0.15) is 11.6 Å². The van der Waals surface area contributed by atoms with Gasteiger partial charge in [-0.3, -0.25) is 4.79 Å². The molecule has 144 valence electrons. The fourth-order valence-corrected chi connectivity index (χ4v) is 2.66. The highest BCUT2D eigenvalue weighted by atomic mass is 16.5. The second-order valence-electron chi connectivity index (χ2n) is 7.00. The van der Waals surface area contributed by atoms with Crippen molar-refractivity contribution < 1.29 is 9.53 Å². The third kappa shape index (κ3) is 5.10. The lowest BCUT2D eigenvalue weighted by atomic mass is 10.1. The Morgan fingerprint density at radius 3 is 2.25 bits per heavy atom. The average Bonchev–Trinajstić information content (AvgIpc) is 2.66. The summed E-state index contributed by atoms with van der Waals surface area (Å²) in [6.07, 6.45) is 1.78. The molecule has 0 unspecified atom stereocenters. The van der Waals surface area contributed by atoms with Gasteiger partial charge in [-0.15, -0.1) is 0 Å². The molecule has 0 saturated carbocycles. The topological polar surface area (TPSA) is 63.2 Å². The van der Waals surface area contributed by atoms with Gasteiger partial charge in [0.15, 0.2) is 0 Å². The highest BCUT2D eigenvalue weighted by molar-refractivity contribution is 6.04. The number of benzene rings is 2. The fourth-order valence-electron chi connectivity index (χ4n) is 2.66. The Morgan fingerprint density at radius 1 is 0.929 bits per heavy atom. The minimum Gasteiger partial charge on any atom is -0.491 e. The summed E-state index contributed by atoms with van der Waals surface area (Å²) in [7, 11) is 0. The summed E-state index contributed by atoms with van der Waals surface area (Å²) in [5.74, 6) is 1.38. The Bertz CT molecular complexity index is 949. The summed E-state index contributed by atoms with van der Waals surface area (Å²) in [6, 6.07) is 17.0. The molecule has 0 atom stereocenters. The Hall–Kier alpha value is -3.34. The molecule has 3 rings (SSSR count). The van der Waals surface area contributed by atoms with E-state index in [2.05, 4.69) is 15.6 Å². The molecule has 1 amide bonds. The van der Waals surface area contributed by atoms with Gasteiger partial charge < -0.3 is 15.4 Å². The molecular formula is C23H25N3O2. The van der Waals surface area contributed by atoms with E-state index in [1.165, 1.54) is 0 Å². The summed E-state index contributed by atoms with van der Waals surface area (Å²) < 4.78 is 5.64. The number of anilines is 3. The van der Waals surface area contributed by atoms with Crippen LogP contribution in [0.4, 0.5) is 17.2 Å². The van der Waals surface area contributed by atoms with Crippen LogP contribution in [-0.4, -0.2) is 17.0 Å². The van der Waals surface area contributed by atoms with Crippen LogP contribution in [0, 0.1) is 13.8 Å². The summed E-state index contributed by atoms with van der Waals surface area (Å²) in [6.45, 7) is 8.01. The number of ether oxygens (including phenoxy) is 1. The predicted molar refractivity (Wildman–Crippen MR) is 114 cm³/mol. The third-order valence-electron chi connectivity index (χ3n) is 4.29. The van der Waals surface area contributed by atoms with Crippen molar-refractivity contribution in [2.75, 3.05) is 10.6 Å². The van der Waals surface area contributed by atoms with Crippen LogP contribution in [0.1, 0.15) is 35.3 Å². The van der Waals surface area contributed by atoms with Crippen LogP contribution < -0.4 is 15.4 Å². The van der Waals surface area contributed by atoms with Crippen molar-refractivity contribution >= 4 is 23.1 Å². The SMILES string of the molecule is Cc1ccc(C(=O)Nc2ccc(Nc3ccc(OC(C)C)cc3)nc2)cc1C. The Kier molecular flexibility index (Phi) is 5.94. The molecule has 0 aliphatic rings. The molecule has 1 aromatic heterocycles. The molecule has 0 spiro atoms. The smallest absolute Gasteiger partial charge is 0.255 e. The standard InChI is InChI=1S/C23H25N3O2/c1-15(2)28-21-10-7-19(8-11-21)25-22-12-9-20(14-24-22)26-23(27)18-6-5-16(3)17(4)13-18/h5-15H,1-4H3,(H,24,25)(H,26,27). The van der Waals surface area contributed by atoms with E-state index in [4.69, 9.17) is 4.74 Å². The maximum Gasteiger partial charge on any atom is 0.255 e. The quantitative estimate of drug-likeness (QED) is 0.599. The Balaban J connectivity index is 1.61. The second-order valence-corrected chi connectivity index (χ2v) is 7.00. The van der Waals surface area contributed by atoms with Crippen molar-refractivity contribution in [3.05, 3.63) is 77.5 Å². The molecule has 0 saturated heterocycles. The normalized spacial score (nSPS) is 10.6. The van der Waals surface area contributed by atoms with Gasteiger partial charge in [-0.25, -0.2) is 4.98 Å². The number of rotatable bonds is 6. The van der Waals surface area contributed by atoms with E-state index >= 15 is 0 Å². The zero-order chi connectivity index (χ0) is 20.1. The number of pyridine rings is 1. The van der Waals surface area contributed by atoms with E-state index in [0.717, 1.165) is 22.6 Å². The van der Waals surface area contributed by atoms with Gasteiger partial charge in [-0.2, -0.15) is 0 Å². The second kappa shape index (κ2) is 8.57. The molecule has 0 bridgehead atoms. The molecule has 0 aliphatic heterocycles. The first-order valence-corrected chi connectivity index (χ1v) is 9.29. The van der Waals surface area contributed by atoms with Crippen molar-refractivity contribution in [3.8, 4) is 5.75 Å². The number of aromatic nitrogens is 1. The molecule has 5 nitrogen and oxygen atoms in total. The minimum atomic E-state index is -0.147. The highest BCUT2D eigenvalue weighted by Crippen LogP contribution is 2.21. The monoisotopic (exact) mass is 375 g/mol. The first-order valence-electron chi connectivity index (χ1n) is 9.29. The molecular weight excluding hydrogens is 350 g/mol. The number of carbonyl (C=O) groups excluding carboxylic acids is 1. The van der Waals surface area contributed by atoms with E-state index in [9.17, 15) is 4.79 Å². The zero-order valence-electron chi connectivity index (χ0n) is 16.6. The fraction of sp³-hybridized carbons (Fsp3) is 0.217. The van der Waals surface area contributed by atoms with Crippen LogP contribution in [-0.2, 0) is 0 Å². The maximum atomic E-state index is 12.4. The highest BCUT2D eigenvalue weighted by Gasteiger charge is 2.08. The summed E-state index contributed by atoms with van der Waals surface area (Å²) in [4.78, 5) is 16.8. The Labute approximate surface area is 165 Å². The van der Waals surface area contributed by atoms with Crippen LogP contribution in [0.25, 0.3) is 0 Å². The number of nitrogens with zero attached hydrogens (tertiary/aromatic N) is 1. The van der Waals surface area contributed by atoms with Gasteiger partial charge in [-0.05, 0) is 87.4 Å². The largest absolute Gasteiger partial charge is 0.491 e. The molecule has 3 aromatic rings. The van der Waals surface area contributed by atoms with Gasteiger partial charge in [0.2, 0.25) is 0 Å². The Morgan fingerprint density at radius 2 is 1.64 bits per heavy atom. The molecule has 28 heavy (non-hydrogen) atoms. The van der Waals surface area contributed by atoms with Crippen LogP contribution >= 0.6 is 0 Å². The lowest BCUT2D eigenvalue weighted by molar-refractivity contribution is 0.102. The predicted octanol–water partition coefficient (Wildman–Crippen LogP) is 5.48. The van der Waals surface area contributed by atoms with Crippen molar-refractivity contribution in [1.29, 1.82) is 0 Å². The molecule has 1 heterocycles. The van der Waals surface area contributed by atoms with Crippen LogP contribution in [0.3, 0.4) is 0 Å². The van der Waals surface area contributed by atoms with Gasteiger partial charge >= 0.3 is 0 Å². The third-order valence-corrected chi connectivity index (χ3v) is 4.29. The molecule has 2 N–H and O–H groups in total. The van der Waals surface area contributed by atoms with E-state index in [0.29, 0.717) is 17.1 Å². The van der Waals surface area contributed by atoms with Gasteiger partial charge in [0, 0.05) is 11.3 Å². The first-order chi connectivity index (χ1) is 13.4. The number of nitrogens with one attached hydrogen (secondary N) is 2. The average molecular weight is 375 g/mol. The lowest BCUT2D eigenvalue weighted by Crippen LogP contribution is -2.12. The van der Waals surface area contributed by atoms with Gasteiger partial charge in [-0.1, -0.05) is 6.07 Å². The molecule has 5 heteroatoms. The minimum absolute atomic E-state index is 0.145. The van der Waals surface area contributed by atoms with Crippen LogP contribution in [0.15, 0.2) is 60.8 Å². The molecule has 2 aromatic carbocycles. The van der Waals surface area contributed by atoms with Crippen molar-refractivity contribution in [1.82, 2.24) is 4.98 Å². The van der Waals surface area contributed by atoms with E-state index < -0.39 is 0 Å². The summed E-state index contributed by atoms with van der Waals surface area (Å²) in [5.41, 5.74) is 4.45. The van der Waals surface area contributed by atoms with E-state index in [1.807, 2.05) is 82.3 Å².